The summed E-state index contributed by atoms with van der Waals surface area (Å²) in [6.45, 7) is 2.70. The summed E-state index contributed by atoms with van der Waals surface area (Å²) in [4.78, 5) is 0. The molecule has 0 spiro atoms. The van der Waals surface area contributed by atoms with Crippen LogP contribution in [0.25, 0.3) is 0 Å². The molecule has 4 heteroatoms. The minimum atomic E-state index is 0.120. The van der Waals surface area contributed by atoms with Crippen molar-refractivity contribution in [3.63, 3.8) is 0 Å². The van der Waals surface area contributed by atoms with Crippen LogP contribution in [0.1, 0.15) is 24.8 Å². The van der Waals surface area contributed by atoms with Crippen LogP contribution < -0.4 is 5.73 Å². The van der Waals surface area contributed by atoms with Crippen molar-refractivity contribution in [2.24, 2.45) is 11.7 Å². The van der Waals surface area contributed by atoms with E-state index in [0.29, 0.717) is 16.6 Å². The monoisotopic (exact) mass is 261 g/mol. The van der Waals surface area contributed by atoms with Gasteiger partial charge in [0.2, 0.25) is 0 Å². The predicted molar refractivity (Wildman–Crippen MR) is 69.1 cm³/mol. The minimum absolute atomic E-state index is 0.120. The first-order valence-corrected chi connectivity index (χ1v) is 6.09. The van der Waals surface area contributed by atoms with Crippen LogP contribution >= 0.6 is 23.2 Å². The van der Waals surface area contributed by atoms with Crippen molar-refractivity contribution in [1.82, 2.24) is 0 Å². The second-order valence-electron chi connectivity index (χ2n) is 4.12. The standard InChI is InChI=1S/C12H17Cl2NO/c1-8(2-9(6-15)7-16)10-3-11(13)5-12(14)4-10/h3-5,8-9,16H,2,6-7,15H2,1H3. The van der Waals surface area contributed by atoms with Gasteiger partial charge in [-0.3, -0.25) is 0 Å². The van der Waals surface area contributed by atoms with E-state index in [4.69, 9.17) is 34.0 Å². The molecular weight excluding hydrogens is 245 g/mol. The van der Waals surface area contributed by atoms with Crippen LogP contribution in [0.3, 0.4) is 0 Å². The lowest BCUT2D eigenvalue weighted by atomic mass is 9.90. The van der Waals surface area contributed by atoms with E-state index in [2.05, 4.69) is 6.92 Å². The Kier molecular flexibility index (Phi) is 5.56. The molecule has 2 nitrogen and oxygen atoms in total. The molecule has 2 atom stereocenters. The molecule has 1 rings (SSSR count). The third kappa shape index (κ3) is 3.95. The van der Waals surface area contributed by atoms with Crippen molar-refractivity contribution in [3.8, 4) is 0 Å². The van der Waals surface area contributed by atoms with Gasteiger partial charge in [-0.2, -0.15) is 0 Å². The zero-order valence-corrected chi connectivity index (χ0v) is 10.8. The van der Waals surface area contributed by atoms with E-state index in [1.54, 1.807) is 6.07 Å². The maximum absolute atomic E-state index is 9.10. The molecule has 90 valence electrons. The number of aliphatic hydroxyl groups is 1. The Morgan fingerprint density at radius 2 is 1.81 bits per heavy atom. The van der Waals surface area contributed by atoms with Gasteiger partial charge < -0.3 is 10.8 Å². The number of hydrogen-bond donors (Lipinski definition) is 2. The summed E-state index contributed by atoms with van der Waals surface area (Å²) >= 11 is 11.9. The largest absolute Gasteiger partial charge is 0.396 e. The maximum atomic E-state index is 9.10. The molecule has 3 N–H and O–H groups in total. The Bertz CT molecular complexity index is 320. The van der Waals surface area contributed by atoms with Crippen LogP contribution in [-0.2, 0) is 0 Å². The molecule has 0 heterocycles. The van der Waals surface area contributed by atoms with Crippen LogP contribution in [0.2, 0.25) is 10.0 Å². The van der Waals surface area contributed by atoms with E-state index >= 15 is 0 Å². The average Bonchev–Trinajstić information content (AvgIpc) is 2.24. The third-order valence-electron chi connectivity index (χ3n) is 2.73. The summed E-state index contributed by atoms with van der Waals surface area (Å²) in [7, 11) is 0. The highest BCUT2D eigenvalue weighted by molar-refractivity contribution is 6.34. The second-order valence-corrected chi connectivity index (χ2v) is 5.00. The van der Waals surface area contributed by atoms with Gasteiger partial charge in [0.25, 0.3) is 0 Å². The van der Waals surface area contributed by atoms with Crippen LogP contribution in [0.5, 0.6) is 0 Å². The van der Waals surface area contributed by atoms with Gasteiger partial charge in [0.05, 0.1) is 0 Å². The van der Waals surface area contributed by atoms with Crippen molar-refractivity contribution in [2.75, 3.05) is 13.2 Å². The lowest BCUT2D eigenvalue weighted by molar-refractivity contribution is 0.217. The molecule has 1 aromatic carbocycles. The highest BCUT2D eigenvalue weighted by Crippen LogP contribution is 2.28. The number of hydrogen-bond acceptors (Lipinski definition) is 2. The topological polar surface area (TPSA) is 46.2 Å². The average molecular weight is 262 g/mol. The summed E-state index contributed by atoms with van der Waals surface area (Å²) in [5, 5.41) is 10.4. The summed E-state index contributed by atoms with van der Waals surface area (Å²) < 4.78 is 0. The van der Waals surface area contributed by atoms with E-state index in [9.17, 15) is 0 Å². The molecule has 0 aliphatic carbocycles. The fourth-order valence-electron chi connectivity index (χ4n) is 1.74. The molecule has 16 heavy (non-hydrogen) atoms. The molecule has 1 aromatic rings. The highest BCUT2D eigenvalue weighted by Gasteiger charge is 2.13. The van der Waals surface area contributed by atoms with Gasteiger partial charge >= 0.3 is 0 Å². The number of aliphatic hydroxyl groups excluding tert-OH is 1. The van der Waals surface area contributed by atoms with Gasteiger partial charge in [-0.1, -0.05) is 30.1 Å². The normalized spacial score (nSPS) is 14.8. The van der Waals surface area contributed by atoms with Gasteiger partial charge in [-0.25, -0.2) is 0 Å². The molecule has 0 aromatic heterocycles. The Morgan fingerprint density at radius 1 is 1.25 bits per heavy atom. The molecule has 0 saturated carbocycles. The van der Waals surface area contributed by atoms with Crippen LogP contribution in [0.15, 0.2) is 18.2 Å². The van der Waals surface area contributed by atoms with E-state index < -0.39 is 0 Å². The summed E-state index contributed by atoms with van der Waals surface area (Å²) in [5.74, 6) is 0.421. The second kappa shape index (κ2) is 6.45. The van der Waals surface area contributed by atoms with Crippen molar-refractivity contribution in [3.05, 3.63) is 33.8 Å². The van der Waals surface area contributed by atoms with Crippen LogP contribution in [0, 0.1) is 5.92 Å². The molecule has 0 aliphatic rings. The number of halogens is 2. The van der Waals surface area contributed by atoms with E-state index in [1.165, 1.54) is 0 Å². The molecule has 0 bridgehead atoms. The Morgan fingerprint density at radius 3 is 2.25 bits per heavy atom. The molecular formula is C12H17Cl2NO. The van der Waals surface area contributed by atoms with Gasteiger partial charge in [0.1, 0.15) is 0 Å². The third-order valence-corrected chi connectivity index (χ3v) is 3.17. The van der Waals surface area contributed by atoms with E-state index in [1.807, 2.05) is 12.1 Å². The van der Waals surface area contributed by atoms with E-state index in [0.717, 1.165) is 12.0 Å². The van der Waals surface area contributed by atoms with Gasteiger partial charge in [0, 0.05) is 16.7 Å². The summed E-state index contributed by atoms with van der Waals surface area (Å²) in [6.07, 6.45) is 0.837. The molecule has 2 unspecified atom stereocenters. The van der Waals surface area contributed by atoms with Crippen molar-refractivity contribution in [1.29, 1.82) is 0 Å². The first kappa shape index (κ1) is 13.8. The van der Waals surface area contributed by atoms with Crippen molar-refractivity contribution >= 4 is 23.2 Å². The van der Waals surface area contributed by atoms with Gasteiger partial charge in [-0.05, 0) is 48.6 Å². The van der Waals surface area contributed by atoms with Crippen molar-refractivity contribution in [2.45, 2.75) is 19.3 Å². The lowest BCUT2D eigenvalue weighted by Gasteiger charge is -2.18. The summed E-state index contributed by atoms with van der Waals surface area (Å²) in [5.41, 5.74) is 6.64. The fourth-order valence-corrected chi connectivity index (χ4v) is 2.28. The van der Waals surface area contributed by atoms with Gasteiger partial charge in [-0.15, -0.1) is 0 Å². The summed E-state index contributed by atoms with van der Waals surface area (Å²) in [6, 6.07) is 5.53. The SMILES string of the molecule is CC(CC(CN)CO)c1cc(Cl)cc(Cl)c1. The molecule has 0 radical (unpaired) electrons. The molecule has 0 amide bonds. The van der Waals surface area contributed by atoms with Crippen LogP contribution in [0.4, 0.5) is 0 Å². The highest BCUT2D eigenvalue weighted by atomic mass is 35.5. The Balaban J connectivity index is 2.75. The molecule has 0 fully saturated rings. The predicted octanol–water partition coefficient (Wildman–Crippen LogP) is 3.05. The van der Waals surface area contributed by atoms with E-state index in [-0.39, 0.29) is 18.4 Å². The molecule has 0 aliphatic heterocycles. The zero-order chi connectivity index (χ0) is 12.1. The van der Waals surface area contributed by atoms with Gasteiger partial charge in [0.15, 0.2) is 0 Å². The van der Waals surface area contributed by atoms with Crippen LogP contribution in [-0.4, -0.2) is 18.3 Å². The first-order valence-electron chi connectivity index (χ1n) is 5.33. The smallest absolute Gasteiger partial charge is 0.0471 e. The number of nitrogens with two attached hydrogens (primary N) is 1. The lowest BCUT2D eigenvalue weighted by Crippen LogP contribution is -2.20. The van der Waals surface area contributed by atoms with Crippen molar-refractivity contribution < 1.29 is 5.11 Å². The fraction of sp³-hybridized carbons (Fsp3) is 0.500. The first-order chi connectivity index (χ1) is 7.56. The number of benzene rings is 1. The maximum Gasteiger partial charge on any atom is 0.0471 e. The zero-order valence-electron chi connectivity index (χ0n) is 9.29. The quantitative estimate of drug-likeness (QED) is 0.856. The Labute approximate surface area is 106 Å². The minimum Gasteiger partial charge on any atom is -0.396 e. The molecule has 0 saturated heterocycles. The number of rotatable bonds is 5. The Hall–Kier alpha value is -0.280.